The SMILES string of the molecule is CO/N=C(\COc1ccc(COc2ccc(CCC(=O)[O-])c(F)c2)cc1)c1ccccc1.CO/N=C(\COc1ccc(COc2ccc(CCC(=O)[O-])c(OC)c2)cc1)c1ccccc1.CO/N=C(\COc1ccc(COc2ccc3c(c2)OCC3CC(=O)O)cc1)c1ccccc1.[Na+].[Na+]. The van der Waals surface area contributed by atoms with Gasteiger partial charge in [0.05, 0.1) is 20.1 Å². The molecule has 0 aliphatic carbocycles. The number of aliphatic carboxylic acids is 3. The molecule has 1 unspecified atom stereocenters. The summed E-state index contributed by atoms with van der Waals surface area (Å²) in [6, 6.07) is 67.0. The largest absolute Gasteiger partial charge is 1.00 e. The maximum atomic E-state index is 14.1. The van der Waals surface area contributed by atoms with Gasteiger partial charge in [-0.2, -0.15) is 0 Å². The van der Waals surface area contributed by atoms with Crippen molar-refractivity contribution >= 4 is 35.0 Å². The number of carbonyl (C=O) groups excluding carboxylic acids is 2. The third kappa shape index (κ3) is 26.4. The maximum absolute atomic E-state index is 14.1. The van der Waals surface area contributed by atoms with Gasteiger partial charge < -0.3 is 77.3 Å². The Hall–Kier alpha value is -9.87. The van der Waals surface area contributed by atoms with Crippen LogP contribution in [0.25, 0.3) is 0 Å². The molecule has 10 rings (SSSR count). The maximum Gasteiger partial charge on any atom is 1.00 e. The number of carboxylic acids is 3. The molecule has 1 N–H and O–H groups in total. The molecule has 9 aromatic carbocycles. The topological polar surface area (TPSA) is 256 Å². The van der Waals surface area contributed by atoms with E-state index in [0.29, 0.717) is 94.9 Å². The Labute approximate surface area is 624 Å². The Bertz CT molecular complexity index is 3960. The van der Waals surface area contributed by atoms with Crippen LogP contribution in [0.5, 0.6) is 46.0 Å². The minimum atomic E-state index is -1.21. The molecule has 1 heterocycles. The first-order valence-corrected chi connectivity index (χ1v) is 31.1. The second-order valence-corrected chi connectivity index (χ2v) is 21.7. The van der Waals surface area contributed by atoms with Crippen molar-refractivity contribution in [2.24, 2.45) is 15.5 Å². The zero-order valence-corrected chi connectivity index (χ0v) is 60.5. The number of fused-ring (bicyclic) bond motifs is 1. The molecule has 0 saturated heterocycles. The molecule has 1 aliphatic heterocycles. The summed E-state index contributed by atoms with van der Waals surface area (Å²) in [5, 5.41) is 42.4. The van der Waals surface area contributed by atoms with Gasteiger partial charge in [0.25, 0.3) is 0 Å². The fraction of sp³-hybridized carbons (Fsp3) is 0.221. The molecule has 0 bridgehead atoms. The van der Waals surface area contributed by atoms with Gasteiger partial charge in [0, 0.05) is 58.3 Å². The standard InChI is InChI=1S/C26H25NO6.C26H27NO6.C25H24FNO5.2Na/c1-30-27-24(19-5-3-2-4-6-19)17-32-21-9-7-18(8-10-21)15-31-22-11-12-23-20(13-26(28)29)16-33-25(23)14-22;1-30-25-16-23(14-10-21(25)11-15-26(28)29)32-17-19-8-12-22(13-9-19)33-18-24(27-31-2)20-6-4-3-5-7-20;1-30-27-24(20-5-3-2-4-6-20)17-32-21-11-7-18(8-12-21)16-31-22-13-9-19(23(26)15-22)10-14-25(28)29;;/h2-12,14,20H,13,15-17H2,1H3,(H,28,29);3-10,12-14,16H,11,15,17-18H2,1-2H3,(H,28,29);2-9,11-13,15H,10,14,16-17H2,1H3,(H,28,29);;/q;;;2*+1/p-2/b3*27-24+;;. The number of rotatable bonds is 33. The Kier molecular flexibility index (Phi) is 33.9. The van der Waals surface area contributed by atoms with Crippen molar-refractivity contribution in [1.82, 2.24) is 0 Å². The summed E-state index contributed by atoms with van der Waals surface area (Å²) in [5.74, 6) is 1.29. The molecule has 0 spiro atoms. The quantitative estimate of drug-likeness (QED) is 0.0300. The number of aryl methyl sites for hydroxylation is 2. The van der Waals surface area contributed by atoms with Crippen molar-refractivity contribution < 1.29 is 146 Å². The van der Waals surface area contributed by atoms with Gasteiger partial charge >= 0.3 is 65.1 Å². The molecular formula is C77H74FN3Na2O17. The van der Waals surface area contributed by atoms with Gasteiger partial charge in [0.1, 0.15) is 130 Å². The minimum absolute atomic E-state index is 0. The van der Waals surface area contributed by atoms with E-state index in [2.05, 4.69) is 15.5 Å². The van der Waals surface area contributed by atoms with E-state index in [9.17, 15) is 29.0 Å². The van der Waals surface area contributed by atoms with Crippen molar-refractivity contribution in [2.45, 2.75) is 57.8 Å². The van der Waals surface area contributed by atoms with Gasteiger partial charge in [-0.3, -0.25) is 4.79 Å². The van der Waals surface area contributed by atoms with Gasteiger partial charge in [-0.15, -0.1) is 0 Å². The van der Waals surface area contributed by atoms with Gasteiger partial charge in [-0.05, 0) is 108 Å². The van der Waals surface area contributed by atoms with E-state index < -0.39 is 23.7 Å². The van der Waals surface area contributed by atoms with Crippen LogP contribution in [0.3, 0.4) is 0 Å². The fourth-order valence-corrected chi connectivity index (χ4v) is 9.75. The summed E-state index contributed by atoms with van der Waals surface area (Å²) >= 11 is 0. The number of benzene rings is 9. The van der Waals surface area contributed by atoms with Crippen LogP contribution in [0, 0.1) is 5.82 Å². The summed E-state index contributed by atoms with van der Waals surface area (Å²) in [6.45, 7) is 2.19. The second-order valence-electron chi connectivity index (χ2n) is 21.7. The molecule has 508 valence electrons. The molecule has 0 aromatic heterocycles. The van der Waals surface area contributed by atoms with Gasteiger partial charge in [0.2, 0.25) is 0 Å². The number of ether oxygens (including phenoxy) is 8. The van der Waals surface area contributed by atoms with E-state index in [1.54, 1.807) is 31.4 Å². The molecule has 9 aromatic rings. The molecular weight excluding hydrogens is 1300 g/mol. The van der Waals surface area contributed by atoms with Crippen molar-refractivity contribution in [1.29, 1.82) is 0 Å². The normalized spacial score (nSPS) is 12.1. The fourth-order valence-electron chi connectivity index (χ4n) is 9.75. The Balaban J connectivity index is 0.000000234. The first kappa shape index (κ1) is 79.1. The zero-order chi connectivity index (χ0) is 69.3. The molecule has 1 atom stereocenters. The number of oxime groups is 3. The number of nitrogens with zero attached hydrogens (tertiary/aromatic N) is 3. The van der Waals surface area contributed by atoms with Crippen molar-refractivity contribution in [3.05, 3.63) is 274 Å². The third-order valence-electron chi connectivity index (χ3n) is 14.8. The van der Waals surface area contributed by atoms with E-state index in [1.807, 2.05) is 182 Å². The molecule has 0 amide bonds. The third-order valence-corrected chi connectivity index (χ3v) is 14.8. The van der Waals surface area contributed by atoms with Crippen LogP contribution in [-0.2, 0) is 61.6 Å². The first-order chi connectivity index (χ1) is 47.7. The second kappa shape index (κ2) is 42.8. The molecule has 0 radical (unpaired) electrons. The average molecular weight is 1380 g/mol. The van der Waals surface area contributed by atoms with Crippen LogP contribution in [0.15, 0.2) is 234 Å². The minimum Gasteiger partial charge on any atom is -0.550 e. The van der Waals surface area contributed by atoms with Crippen LogP contribution >= 0.6 is 0 Å². The molecule has 20 nitrogen and oxygen atoms in total. The van der Waals surface area contributed by atoms with E-state index in [4.69, 9.17) is 57.5 Å². The number of halogens is 1. The zero-order valence-electron chi connectivity index (χ0n) is 56.5. The summed E-state index contributed by atoms with van der Waals surface area (Å²) in [7, 11) is 6.05. The average Bonchev–Trinajstić information content (AvgIpc) is 1.68. The molecule has 0 fully saturated rings. The number of carbonyl (C=O) groups is 3. The predicted octanol–water partition coefficient (Wildman–Crippen LogP) is 5.56. The summed E-state index contributed by atoms with van der Waals surface area (Å²) < 4.78 is 60.0. The first-order valence-electron chi connectivity index (χ1n) is 31.1. The predicted molar refractivity (Wildman–Crippen MR) is 362 cm³/mol. The van der Waals surface area contributed by atoms with Crippen molar-refractivity contribution in [3.63, 3.8) is 0 Å². The smallest absolute Gasteiger partial charge is 0.550 e. The van der Waals surface area contributed by atoms with Gasteiger partial charge in [-0.25, -0.2) is 4.39 Å². The van der Waals surface area contributed by atoms with E-state index in [1.165, 1.54) is 33.5 Å². The molecule has 23 heteroatoms. The summed E-state index contributed by atoms with van der Waals surface area (Å²) in [5.41, 5.74) is 9.73. The van der Waals surface area contributed by atoms with E-state index in [-0.39, 0.29) is 117 Å². The van der Waals surface area contributed by atoms with Gasteiger partial charge in [0.15, 0.2) is 0 Å². The summed E-state index contributed by atoms with van der Waals surface area (Å²) in [4.78, 5) is 47.0. The number of carboxylic acid groups (broad SMARTS) is 3. The molecule has 0 saturated carbocycles. The van der Waals surface area contributed by atoms with Crippen molar-refractivity contribution in [3.8, 4) is 46.0 Å². The number of methoxy groups -OCH3 is 1. The molecule has 1 aliphatic rings. The summed E-state index contributed by atoms with van der Waals surface area (Å²) in [6.07, 6.45) is 0.196. The number of hydrogen-bond acceptors (Lipinski definition) is 19. The Morgan fingerprint density at radius 2 is 0.820 bits per heavy atom. The van der Waals surface area contributed by atoms with Crippen molar-refractivity contribution in [2.75, 3.05) is 54.9 Å². The Morgan fingerprint density at radius 1 is 0.460 bits per heavy atom. The van der Waals surface area contributed by atoms with Crippen LogP contribution in [0.2, 0.25) is 0 Å². The van der Waals surface area contributed by atoms with E-state index in [0.717, 1.165) is 44.5 Å². The molecule has 100 heavy (non-hydrogen) atoms. The van der Waals surface area contributed by atoms with E-state index >= 15 is 0 Å². The van der Waals surface area contributed by atoms with Crippen LogP contribution in [-0.4, -0.2) is 95.0 Å². The number of hydrogen-bond donors (Lipinski definition) is 1. The monoisotopic (exact) mass is 1380 g/mol. The Morgan fingerprint density at radius 3 is 1.19 bits per heavy atom. The van der Waals surface area contributed by atoms with Crippen LogP contribution < -0.4 is 107 Å². The van der Waals surface area contributed by atoms with Gasteiger partial charge in [-0.1, -0.05) is 161 Å². The van der Waals surface area contributed by atoms with Crippen LogP contribution in [0.4, 0.5) is 4.39 Å². The van der Waals surface area contributed by atoms with Crippen LogP contribution in [0.1, 0.15) is 75.3 Å².